The summed E-state index contributed by atoms with van der Waals surface area (Å²) in [5.74, 6) is 0.000922. The lowest BCUT2D eigenvalue weighted by molar-refractivity contribution is -0.117. The summed E-state index contributed by atoms with van der Waals surface area (Å²) in [6.07, 6.45) is 3.03. The van der Waals surface area contributed by atoms with E-state index in [9.17, 15) is 9.59 Å². The van der Waals surface area contributed by atoms with Crippen molar-refractivity contribution in [1.82, 2.24) is 4.98 Å². The van der Waals surface area contributed by atoms with Crippen molar-refractivity contribution >= 4 is 34.1 Å². The molecule has 4 rings (SSSR count). The molecule has 1 aromatic heterocycles. The quantitative estimate of drug-likeness (QED) is 0.773. The highest BCUT2D eigenvalue weighted by Crippen LogP contribution is 2.30. The highest BCUT2D eigenvalue weighted by molar-refractivity contribution is 5.97. The van der Waals surface area contributed by atoms with Gasteiger partial charge in [0.1, 0.15) is 0 Å². The number of hydrogen-bond acceptors (Lipinski definition) is 2. The fourth-order valence-corrected chi connectivity index (χ4v) is 3.46. The second-order valence-electron chi connectivity index (χ2n) is 6.35. The van der Waals surface area contributed by atoms with Gasteiger partial charge in [-0.3, -0.25) is 9.59 Å². The normalized spacial score (nSPS) is 13.1. The lowest BCUT2D eigenvalue weighted by Gasteiger charge is -2.15. The molecule has 0 radical (unpaired) electrons. The molecule has 2 amide bonds. The van der Waals surface area contributed by atoms with Crippen LogP contribution in [0.25, 0.3) is 10.9 Å². The Labute approximate surface area is 145 Å². The van der Waals surface area contributed by atoms with Gasteiger partial charge in [0.2, 0.25) is 11.8 Å². The molecule has 5 nitrogen and oxygen atoms in total. The van der Waals surface area contributed by atoms with Gasteiger partial charge in [0.05, 0.1) is 6.42 Å². The molecule has 25 heavy (non-hydrogen) atoms. The van der Waals surface area contributed by atoms with E-state index >= 15 is 0 Å². The number of H-pyrrole nitrogens is 1. The molecule has 2 heterocycles. The van der Waals surface area contributed by atoms with Crippen LogP contribution in [0.1, 0.15) is 18.1 Å². The lowest BCUT2D eigenvalue weighted by atomic mass is 10.1. The van der Waals surface area contributed by atoms with Gasteiger partial charge in [-0.25, -0.2) is 0 Å². The van der Waals surface area contributed by atoms with Gasteiger partial charge in [-0.15, -0.1) is 0 Å². The fourth-order valence-electron chi connectivity index (χ4n) is 3.46. The van der Waals surface area contributed by atoms with Gasteiger partial charge < -0.3 is 15.2 Å². The second-order valence-corrected chi connectivity index (χ2v) is 6.35. The van der Waals surface area contributed by atoms with Gasteiger partial charge in [-0.2, -0.15) is 0 Å². The van der Waals surface area contributed by atoms with Crippen LogP contribution in [0.5, 0.6) is 0 Å². The summed E-state index contributed by atoms with van der Waals surface area (Å²) in [4.78, 5) is 29.0. The number of benzene rings is 2. The maximum Gasteiger partial charge on any atom is 0.228 e. The standard InChI is InChI=1S/C20H19N3O2/c1-13(24)23-9-8-14-10-16(6-7-19(14)23)22-20(25)11-15-12-21-18-5-3-2-4-17(15)18/h2-7,10,12,21H,8-9,11H2,1H3,(H,22,25). The van der Waals surface area contributed by atoms with Crippen LogP contribution in [0.3, 0.4) is 0 Å². The highest BCUT2D eigenvalue weighted by Gasteiger charge is 2.22. The molecule has 1 aliphatic rings. The Morgan fingerprint density at radius 3 is 2.88 bits per heavy atom. The predicted octanol–water partition coefficient (Wildman–Crippen LogP) is 3.26. The number of amides is 2. The van der Waals surface area contributed by atoms with Crippen LogP contribution in [0.2, 0.25) is 0 Å². The molecule has 0 spiro atoms. The number of fused-ring (bicyclic) bond motifs is 2. The third-order valence-corrected chi connectivity index (χ3v) is 4.66. The summed E-state index contributed by atoms with van der Waals surface area (Å²) < 4.78 is 0. The minimum atomic E-state index is -0.0499. The lowest BCUT2D eigenvalue weighted by Crippen LogP contribution is -2.25. The number of carbonyl (C=O) groups is 2. The predicted molar refractivity (Wildman–Crippen MR) is 98.8 cm³/mol. The first-order valence-corrected chi connectivity index (χ1v) is 8.38. The van der Waals surface area contributed by atoms with Gasteiger partial charge >= 0.3 is 0 Å². The number of aromatic nitrogens is 1. The fraction of sp³-hybridized carbons (Fsp3) is 0.200. The number of para-hydroxylation sites is 1. The molecule has 2 N–H and O–H groups in total. The van der Waals surface area contributed by atoms with Crippen molar-refractivity contribution in [2.24, 2.45) is 0 Å². The van der Waals surface area contributed by atoms with E-state index in [1.807, 2.05) is 48.7 Å². The van der Waals surface area contributed by atoms with Crippen LogP contribution in [0, 0.1) is 0 Å². The topological polar surface area (TPSA) is 65.2 Å². The number of rotatable bonds is 3. The van der Waals surface area contributed by atoms with Crippen molar-refractivity contribution in [3.63, 3.8) is 0 Å². The van der Waals surface area contributed by atoms with E-state index in [1.54, 1.807) is 11.8 Å². The minimum absolute atomic E-state index is 0.0499. The van der Waals surface area contributed by atoms with Gasteiger partial charge in [0, 0.05) is 41.9 Å². The number of nitrogens with one attached hydrogen (secondary N) is 2. The van der Waals surface area contributed by atoms with Crippen molar-refractivity contribution < 1.29 is 9.59 Å². The molecular formula is C20H19N3O2. The largest absolute Gasteiger partial charge is 0.361 e. The number of anilines is 2. The number of carbonyl (C=O) groups excluding carboxylic acids is 2. The van der Waals surface area contributed by atoms with E-state index in [4.69, 9.17) is 0 Å². The van der Waals surface area contributed by atoms with Crippen molar-refractivity contribution in [3.8, 4) is 0 Å². The summed E-state index contributed by atoms with van der Waals surface area (Å²) in [6.45, 7) is 2.28. The van der Waals surface area contributed by atoms with Crippen molar-refractivity contribution in [3.05, 3.63) is 59.8 Å². The molecule has 126 valence electrons. The van der Waals surface area contributed by atoms with E-state index in [-0.39, 0.29) is 11.8 Å². The maximum absolute atomic E-state index is 12.4. The van der Waals surface area contributed by atoms with Crippen LogP contribution in [-0.4, -0.2) is 23.3 Å². The molecule has 0 fully saturated rings. The Bertz CT molecular complexity index is 974. The molecule has 5 heteroatoms. The number of nitrogens with zero attached hydrogens (tertiary/aromatic N) is 1. The van der Waals surface area contributed by atoms with Crippen LogP contribution in [-0.2, 0) is 22.4 Å². The Balaban J connectivity index is 1.49. The van der Waals surface area contributed by atoms with Gasteiger partial charge in [-0.05, 0) is 41.8 Å². The van der Waals surface area contributed by atoms with E-state index in [0.717, 1.165) is 39.8 Å². The Hall–Kier alpha value is -3.08. The highest BCUT2D eigenvalue weighted by atomic mass is 16.2. The third-order valence-electron chi connectivity index (χ3n) is 4.66. The van der Waals surface area contributed by atoms with Crippen molar-refractivity contribution in [1.29, 1.82) is 0 Å². The zero-order chi connectivity index (χ0) is 17.4. The smallest absolute Gasteiger partial charge is 0.228 e. The zero-order valence-corrected chi connectivity index (χ0v) is 14.0. The average molecular weight is 333 g/mol. The molecule has 0 saturated heterocycles. The first-order chi connectivity index (χ1) is 12.1. The molecule has 2 aromatic carbocycles. The molecule has 0 bridgehead atoms. The minimum Gasteiger partial charge on any atom is -0.361 e. The van der Waals surface area contributed by atoms with Gasteiger partial charge in [0.15, 0.2) is 0 Å². The molecule has 0 atom stereocenters. The van der Waals surface area contributed by atoms with Crippen molar-refractivity contribution in [2.45, 2.75) is 19.8 Å². The van der Waals surface area contributed by atoms with E-state index in [0.29, 0.717) is 13.0 Å². The molecule has 3 aromatic rings. The monoisotopic (exact) mass is 333 g/mol. The van der Waals surface area contributed by atoms with Crippen LogP contribution < -0.4 is 10.2 Å². The first-order valence-electron chi connectivity index (χ1n) is 8.38. The number of hydrogen-bond donors (Lipinski definition) is 2. The van der Waals surface area contributed by atoms with Crippen LogP contribution in [0.15, 0.2) is 48.7 Å². The van der Waals surface area contributed by atoms with Gasteiger partial charge in [0.25, 0.3) is 0 Å². The summed E-state index contributed by atoms with van der Waals surface area (Å²) in [7, 11) is 0. The zero-order valence-electron chi connectivity index (χ0n) is 14.0. The second kappa shape index (κ2) is 6.09. The first kappa shape index (κ1) is 15.4. The van der Waals surface area contributed by atoms with Gasteiger partial charge in [-0.1, -0.05) is 18.2 Å². The van der Waals surface area contributed by atoms with Crippen LogP contribution >= 0.6 is 0 Å². The molecule has 1 aliphatic heterocycles. The van der Waals surface area contributed by atoms with E-state index in [2.05, 4.69) is 10.3 Å². The summed E-state index contributed by atoms with van der Waals surface area (Å²) in [5.41, 5.74) is 4.83. The van der Waals surface area contributed by atoms with E-state index in [1.165, 1.54) is 0 Å². The average Bonchev–Trinajstić information content (AvgIpc) is 3.19. The Morgan fingerprint density at radius 1 is 1.20 bits per heavy atom. The van der Waals surface area contributed by atoms with Crippen molar-refractivity contribution in [2.75, 3.05) is 16.8 Å². The van der Waals surface area contributed by atoms with E-state index < -0.39 is 0 Å². The molecule has 0 saturated carbocycles. The SMILES string of the molecule is CC(=O)N1CCc2cc(NC(=O)Cc3c[nH]c4ccccc34)ccc21. The Kier molecular flexibility index (Phi) is 3.76. The maximum atomic E-state index is 12.4. The van der Waals surface area contributed by atoms with Crippen LogP contribution in [0.4, 0.5) is 11.4 Å². The molecule has 0 aliphatic carbocycles. The third kappa shape index (κ3) is 2.89. The summed E-state index contributed by atoms with van der Waals surface area (Å²) in [6, 6.07) is 13.7. The Morgan fingerprint density at radius 2 is 2.04 bits per heavy atom. The summed E-state index contributed by atoms with van der Waals surface area (Å²) in [5, 5.41) is 4.04. The summed E-state index contributed by atoms with van der Waals surface area (Å²) >= 11 is 0. The molecular weight excluding hydrogens is 314 g/mol. The molecule has 0 unspecified atom stereocenters. The number of aromatic amines is 1.